The van der Waals surface area contributed by atoms with E-state index in [1.165, 1.54) is 18.2 Å². The van der Waals surface area contributed by atoms with Crippen LogP contribution in [0.4, 0.5) is 35.9 Å². The van der Waals surface area contributed by atoms with Crippen molar-refractivity contribution in [1.29, 1.82) is 0 Å². The Labute approximate surface area is 176 Å². The van der Waals surface area contributed by atoms with E-state index in [1.807, 2.05) is 0 Å². The van der Waals surface area contributed by atoms with Gasteiger partial charge in [0.05, 0.1) is 11.1 Å². The number of alkyl halides is 3. The van der Waals surface area contributed by atoms with Crippen LogP contribution in [0.5, 0.6) is 0 Å². The molecule has 31 heavy (non-hydrogen) atoms. The zero-order valence-electron chi connectivity index (χ0n) is 16.4. The molecule has 0 saturated carbocycles. The van der Waals surface area contributed by atoms with Gasteiger partial charge in [-0.25, -0.2) is 0 Å². The molecular formula is C22H19F3N4O2. The molecule has 0 aliphatic heterocycles. The lowest BCUT2D eigenvalue weighted by Gasteiger charge is -2.14. The fourth-order valence-corrected chi connectivity index (χ4v) is 3.01. The number of rotatable bonds is 4. The molecule has 2 amide bonds. The fourth-order valence-electron chi connectivity index (χ4n) is 3.01. The molecule has 160 valence electrons. The summed E-state index contributed by atoms with van der Waals surface area (Å²) in [6, 6.07) is 13.9. The second-order valence-corrected chi connectivity index (χ2v) is 6.87. The molecule has 0 unspecified atom stereocenters. The standard InChI is InChI=1S/C22H19F3N4O2/c1-12-9-13(26)5-7-17(12)20(30)28-15-3-2-4-16(11-15)29-21(31)18-8-6-14(27)10-19(18)22(23,24)25/h2-11H,26-27H2,1H3,(H,28,30)(H,29,31). The van der Waals surface area contributed by atoms with Crippen LogP contribution in [-0.4, -0.2) is 11.8 Å². The molecule has 0 bridgehead atoms. The highest BCUT2D eigenvalue weighted by Gasteiger charge is 2.35. The van der Waals surface area contributed by atoms with Crippen LogP contribution in [0.15, 0.2) is 60.7 Å². The number of hydrogen-bond donors (Lipinski definition) is 4. The number of nitrogens with two attached hydrogens (primary N) is 2. The van der Waals surface area contributed by atoms with Crippen LogP contribution in [0.3, 0.4) is 0 Å². The van der Waals surface area contributed by atoms with Gasteiger partial charge in [-0.05, 0) is 67.1 Å². The topological polar surface area (TPSA) is 110 Å². The highest BCUT2D eigenvalue weighted by Crippen LogP contribution is 2.33. The molecule has 0 aliphatic carbocycles. The van der Waals surface area contributed by atoms with Crippen LogP contribution in [-0.2, 0) is 6.18 Å². The summed E-state index contributed by atoms with van der Waals surface area (Å²) in [4.78, 5) is 25.0. The molecule has 0 atom stereocenters. The van der Waals surface area contributed by atoms with Gasteiger partial charge < -0.3 is 22.1 Å². The zero-order valence-corrected chi connectivity index (χ0v) is 16.4. The normalized spacial score (nSPS) is 11.1. The van der Waals surface area contributed by atoms with Crippen LogP contribution in [0.25, 0.3) is 0 Å². The predicted molar refractivity (Wildman–Crippen MR) is 114 cm³/mol. The van der Waals surface area contributed by atoms with E-state index >= 15 is 0 Å². The van der Waals surface area contributed by atoms with E-state index in [4.69, 9.17) is 11.5 Å². The molecule has 0 spiro atoms. The van der Waals surface area contributed by atoms with Gasteiger partial charge in [-0.3, -0.25) is 9.59 Å². The third-order valence-electron chi connectivity index (χ3n) is 4.47. The summed E-state index contributed by atoms with van der Waals surface area (Å²) in [7, 11) is 0. The lowest BCUT2D eigenvalue weighted by molar-refractivity contribution is -0.137. The Kier molecular flexibility index (Phi) is 5.87. The molecule has 0 heterocycles. The third-order valence-corrected chi connectivity index (χ3v) is 4.47. The molecule has 6 N–H and O–H groups in total. The molecule has 9 heteroatoms. The summed E-state index contributed by atoms with van der Waals surface area (Å²) in [6.07, 6.45) is -4.74. The summed E-state index contributed by atoms with van der Waals surface area (Å²) in [5.41, 5.74) is 11.5. The smallest absolute Gasteiger partial charge is 0.399 e. The monoisotopic (exact) mass is 428 g/mol. The molecular weight excluding hydrogens is 409 g/mol. The van der Waals surface area contributed by atoms with Crippen molar-refractivity contribution in [2.45, 2.75) is 13.1 Å². The average Bonchev–Trinajstić information content (AvgIpc) is 2.67. The van der Waals surface area contributed by atoms with Crippen molar-refractivity contribution >= 4 is 34.6 Å². The first kappa shape index (κ1) is 21.7. The van der Waals surface area contributed by atoms with Crippen molar-refractivity contribution in [3.63, 3.8) is 0 Å². The van der Waals surface area contributed by atoms with E-state index in [2.05, 4.69) is 10.6 Å². The van der Waals surface area contributed by atoms with Crippen molar-refractivity contribution in [3.05, 3.63) is 82.9 Å². The first-order chi connectivity index (χ1) is 14.5. The summed E-state index contributed by atoms with van der Waals surface area (Å²) in [6.45, 7) is 1.74. The molecule has 3 rings (SSSR count). The molecule has 0 fully saturated rings. The van der Waals surface area contributed by atoms with Gasteiger partial charge in [0.25, 0.3) is 11.8 Å². The van der Waals surface area contributed by atoms with E-state index in [0.717, 1.165) is 6.07 Å². The van der Waals surface area contributed by atoms with Gasteiger partial charge in [-0.1, -0.05) is 6.07 Å². The maximum Gasteiger partial charge on any atom is 0.417 e. The molecule has 0 saturated heterocycles. The largest absolute Gasteiger partial charge is 0.417 e. The first-order valence-corrected chi connectivity index (χ1v) is 9.10. The second-order valence-electron chi connectivity index (χ2n) is 6.87. The first-order valence-electron chi connectivity index (χ1n) is 9.10. The summed E-state index contributed by atoms with van der Waals surface area (Å²) < 4.78 is 39.8. The van der Waals surface area contributed by atoms with Crippen LogP contribution >= 0.6 is 0 Å². The van der Waals surface area contributed by atoms with Crippen molar-refractivity contribution in [3.8, 4) is 0 Å². The Bertz CT molecular complexity index is 1160. The summed E-state index contributed by atoms with van der Waals surface area (Å²) in [5, 5.41) is 5.10. The lowest BCUT2D eigenvalue weighted by atomic mass is 10.1. The number of nitrogens with one attached hydrogen (secondary N) is 2. The van der Waals surface area contributed by atoms with Gasteiger partial charge in [0, 0.05) is 28.3 Å². The molecule has 3 aromatic carbocycles. The SMILES string of the molecule is Cc1cc(N)ccc1C(=O)Nc1cccc(NC(=O)c2ccc(N)cc2C(F)(F)F)c1. The van der Waals surface area contributed by atoms with Crippen molar-refractivity contribution < 1.29 is 22.8 Å². The minimum atomic E-state index is -4.74. The highest BCUT2D eigenvalue weighted by atomic mass is 19.4. The maximum atomic E-state index is 13.3. The van der Waals surface area contributed by atoms with Crippen LogP contribution < -0.4 is 22.1 Å². The van der Waals surface area contributed by atoms with Gasteiger partial charge in [0.2, 0.25) is 0 Å². The molecule has 3 aromatic rings. The number of halogens is 3. The van der Waals surface area contributed by atoms with E-state index in [9.17, 15) is 22.8 Å². The highest BCUT2D eigenvalue weighted by molar-refractivity contribution is 6.07. The van der Waals surface area contributed by atoms with E-state index in [0.29, 0.717) is 28.6 Å². The number of aryl methyl sites for hydroxylation is 1. The number of amides is 2. The number of hydrogen-bond acceptors (Lipinski definition) is 4. The number of benzene rings is 3. The summed E-state index contributed by atoms with van der Waals surface area (Å²) >= 11 is 0. The number of nitrogen functional groups attached to an aromatic ring is 2. The lowest BCUT2D eigenvalue weighted by Crippen LogP contribution is -2.19. The second kappa shape index (κ2) is 8.39. The number of anilines is 4. The van der Waals surface area contributed by atoms with Crippen molar-refractivity contribution in [2.24, 2.45) is 0 Å². The van der Waals surface area contributed by atoms with Crippen LogP contribution in [0, 0.1) is 6.92 Å². The van der Waals surface area contributed by atoms with Crippen molar-refractivity contribution in [2.75, 3.05) is 22.1 Å². The number of carbonyl (C=O) groups is 2. The van der Waals surface area contributed by atoms with E-state index in [1.54, 1.807) is 37.3 Å². The molecule has 6 nitrogen and oxygen atoms in total. The van der Waals surface area contributed by atoms with Gasteiger partial charge in [-0.15, -0.1) is 0 Å². The van der Waals surface area contributed by atoms with Gasteiger partial charge in [0.15, 0.2) is 0 Å². The molecule has 0 aromatic heterocycles. The third kappa shape index (κ3) is 5.13. The number of carbonyl (C=O) groups excluding carboxylic acids is 2. The fraction of sp³-hybridized carbons (Fsp3) is 0.0909. The van der Waals surface area contributed by atoms with Crippen molar-refractivity contribution in [1.82, 2.24) is 0 Å². The predicted octanol–water partition coefficient (Wildman–Crippen LogP) is 4.68. The Hall–Kier alpha value is -4.01. The quantitative estimate of drug-likeness (QED) is 0.452. The van der Waals surface area contributed by atoms with Crippen LogP contribution in [0.2, 0.25) is 0 Å². The Morgan fingerprint density at radius 1 is 0.774 bits per heavy atom. The van der Waals surface area contributed by atoms with Crippen LogP contribution in [0.1, 0.15) is 31.8 Å². The van der Waals surface area contributed by atoms with E-state index < -0.39 is 23.2 Å². The zero-order chi connectivity index (χ0) is 22.8. The molecule has 0 aliphatic rings. The minimum Gasteiger partial charge on any atom is -0.399 e. The Morgan fingerprint density at radius 2 is 1.29 bits per heavy atom. The van der Waals surface area contributed by atoms with Gasteiger partial charge in [-0.2, -0.15) is 13.2 Å². The van der Waals surface area contributed by atoms with Gasteiger partial charge in [0.1, 0.15) is 0 Å². The van der Waals surface area contributed by atoms with Gasteiger partial charge >= 0.3 is 6.18 Å². The van der Waals surface area contributed by atoms with E-state index in [-0.39, 0.29) is 17.3 Å². The Morgan fingerprint density at radius 3 is 1.84 bits per heavy atom. The minimum absolute atomic E-state index is 0.105. The Balaban J connectivity index is 1.80. The average molecular weight is 428 g/mol. The summed E-state index contributed by atoms with van der Waals surface area (Å²) in [5.74, 6) is -1.34. The maximum absolute atomic E-state index is 13.3. The molecule has 0 radical (unpaired) electrons.